The van der Waals surface area contributed by atoms with Crippen LogP contribution >= 0.6 is 0 Å². The normalized spacial score (nSPS) is 12.0. The number of methoxy groups -OCH3 is 1. The summed E-state index contributed by atoms with van der Waals surface area (Å²) in [5.41, 5.74) is 2.31. The van der Waals surface area contributed by atoms with E-state index in [0.29, 0.717) is 11.3 Å². The van der Waals surface area contributed by atoms with Crippen LogP contribution in [0.5, 0.6) is 5.75 Å². The summed E-state index contributed by atoms with van der Waals surface area (Å²) in [5, 5.41) is 3.73. The zero-order valence-corrected chi connectivity index (χ0v) is 16.5. The Morgan fingerprint density at radius 3 is 2.19 bits per heavy atom. The predicted molar refractivity (Wildman–Crippen MR) is 104 cm³/mol. The van der Waals surface area contributed by atoms with Gasteiger partial charge >= 0.3 is 0 Å². The first kappa shape index (κ1) is 19.0. The van der Waals surface area contributed by atoms with Crippen LogP contribution in [0.3, 0.4) is 0 Å². The van der Waals surface area contributed by atoms with Crippen LogP contribution in [0.1, 0.15) is 26.3 Å². The van der Waals surface area contributed by atoms with Crippen molar-refractivity contribution in [3.8, 4) is 16.9 Å². The Morgan fingerprint density at radius 1 is 1.00 bits per heavy atom. The summed E-state index contributed by atoms with van der Waals surface area (Å²) in [6, 6.07) is 14.0. The third kappa shape index (κ3) is 4.14. The second-order valence-corrected chi connectivity index (χ2v) is 8.86. The molecular formula is C20H22N2O4S. The molecule has 0 radical (unpaired) electrons. The van der Waals surface area contributed by atoms with Crippen molar-refractivity contribution in [2.24, 2.45) is 0 Å². The van der Waals surface area contributed by atoms with Gasteiger partial charge in [-0.05, 0) is 40.8 Å². The van der Waals surface area contributed by atoms with Crippen LogP contribution in [0.2, 0.25) is 0 Å². The SMILES string of the molecule is COc1ccc(-c2cnoc2NS(=O)(=O)c2ccc(C(C)(C)C)cc2)cc1. The fourth-order valence-electron chi connectivity index (χ4n) is 2.60. The Morgan fingerprint density at radius 2 is 1.63 bits per heavy atom. The number of benzene rings is 2. The Bertz CT molecular complexity index is 1020. The molecule has 0 bridgehead atoms. The molecule has 3 aromatic rings. The van der Waals surface area contributed by atoms with Gasteiger partial charge in [-0.1, -0.05) is 50.2 Å². The van der Waals surface area contributed by atoms with Crippen molar-refractivity contribution < 1.29 is 17.7 Å². The lowest BCUT2D eigenvalue weighted by Gasteiger charge is -2.19. The van der Waals surface area contributed by atoms with E-state index in [-0.39, 0.29) is 16.2 Å². The van der Waals surface area contributed by atoms with Crippen LogP contribution in [-0.2, 0) is 15.4 Å². The van der Waals surface area contributed by atoms with Gasteiger partial charge < -0.3 is 9.26 Å². The summed E-state index contributed by atoms with van der Waals surface area (Å²) in [4.78, 5) is 0.160. The molecule has 3 rings (SSSR count). The highest BCUT2D eigenvalue weighted by atomic mass is 32.2. The smallest absolute Gasteiger partial charge is 0.264 e. The molecule has 0 spiro atoms. The maximum absolute atomic E-state index is 12.7. The lowest BCUT2D eigenvalue weighted by atomic mass is 9.87. The van der Waals surface area contributed by atoms with E-state index in [1.165, 1.54) is 6.20 Å². The van der Waals surface area contributed by atoms with Crippen molar-refractivity contribution in [1.82, 2.24) is 5.16 Å². The number of ether oxygens (including phenoxy) is 1. The number of anilines is 1. The quantitative estimate of drug-likeness (QED) is 0.701. The van der Waals surface area contributed by atoms with Gasteiger partial charge in [0.1, 0.15) is 5.75 Å². The van der Waals surface area contributed by atoms with Gasteiger partial charge in [0, 0.05) is 0 Å². The minimum absolute atomic E-state index is 0.0534. The minimum Gasteiger partial charge on any atom is -0.497 e. The van der Waals surface area contributed by atoms with Crippen LogP contribution in [0, 0.1) is 0 Å². The first-order chi connectivity index (χ1) is 12.7. The zero-order chi connectivity index (χ0) is 19.7. The van der Waals surface area contributed by atoms with E-state index >= 15 is 0 Å². The highest BCUT2D eigenvalue weighted by Gasteiger charge is 2.21. The maximum Gasteiger partial charge on any atom is 0.264 e. The van der Waals surface area contributed by atoms with E-state index in [9.17, 15) is 8.42 Å². The molecule has 0 aliphatic rings. The lowest BCUT2D eigenvalue weighted by molar-refractivity contribution is 0.415. The van der Waals surface area contributed by atoms with Crippen molar-refractivity contribution in [3.63, 3.8) is 0 Å². The second-order valence-electron chi connectivity index (χ2n) is 7.18. The Labute approximate surface area is 159 Å². The van der Waals surface area contributed by atoms with Crippen molar-refractivity contribution >= 4 is 15.9 Å². The summed E-state index contributed by atoms with van der Waals surface area (Å²) in [6.07, 6.45) is 1.47. The fraction of sp³-hybridized carbons (Fsp3) is 0.250. The topological polar surface area (TPSA) is 81.4 Å². The first-order valence-electron chi connectivity index (χ1n) is 8.43. The summed E-state index contributed by atoms with van der Waals surface area (Å²) in [5.74, 6) is 0.774. The van der Waals surface area contributed by atoms with Gasteiger partial charge in [0.15, 0.2) is 0 Å². The number of hydrogen-bond acceptors (Lipinski definition) is 5. The number of rotatable bonds is 5. The molecule has 1 heterocycles. The fourth-order valence-corrected chi connectivity index (χ4v) is 3.61. The molecule has 27 heavy (non-hydrogen) atoms. The third-order valence-corrected chi connectivity index (χ3v) is 5.58. The standard InChI is InChI=1S/C20H22N2O4S/c1-20(2,3)15-7-11-17(12-8-15)27(23,24)22-19-18(13-21-26-19)14-5-9-16(25-4)10-6-14/h5-13,22H,1-4H3. The number of aromatic nitrogens is 1. The molecule has 1 N–H and O–H groups in total. The van der Waals surface area contributed by atoms with Crippen molar-refractivity contribution in [2.75, 3.05) is 11.8 Å². The molecular weight excluding hydrogens is 364 g/mol. The summed E-state index contributed by atoms with van der Waals surface area (Å²) >= 11 is 0. The van der Waals surface area contributed by atoms with Gasteiger partial charge in [-0.3, -0.25) is 0 Å². The van der Waals surface area contributed by atoms with Crippen molar-refractivity contribution in [3.05, 3.63) is 60.3 Å². The molecule has 1 aromatic heterocycles. The molecule has 7 heteroatoms. The van der Waals surface area contributed by atoms with Gasteiger partial charge in [-0.25, -0.2) is 13.1 Å². The second kappa shape index (κ2) is 7.08. The molecule has 0 amide bonds. The average Bonchev–Trinajstić information content (AvgIpc) is 3.08. The molecule has 0 aliphatic heterocycles. The monoisotopic (exact) mass is 386 g/mol. The van der Waals surface area contributed by atoms with E-state index in [1.807, 2.05) is 12.1 Å². The van der Waals surface area contributed by atoms with E-state index < -0.39 is 10.0 Å². The summed E-state index contributed by atoms with van der Waals surface area (Å²) in [6.45, 7) is 6.22. The lowest BCUT2D eigenvalue weighted by Crippen LogP contribution is -2.15. The Hall–Kier alpha value is -2.80. The van der Waals surface area contributed by atoms with Gasteiger partial charge in [0.25, 0.3) is 10.0 Å². The highest BCUT2D eigenvalue weighted by molar-refractivity contribution is 7.92. The van der Waals surface area contributed by atoms with Gasteiger partial charge in [0.05, 0.1) is 23.8 Å². The predicted octanol–water partition coefficient (Wildman–Crippen LogP) is 4.45. The molecule has 0 unspecified atom stereocenters. The van der Waals surface area contributed by atoms with Crippen LogP contribution in [0.4, 0.5) is 5.88 Å². The molecule has 0 atom stereocenters. The average molecular weight is 386 g/mol. The number of nitrogens with zero attached hydrogens (tertiary/aromatic N) is 1. The van der Waals surface area contributed by atoms with Gasteiger partial charge in [-0.15, -0.1) is 0 Å². The van der Waals surface area contributed by atoms with E-state index in [0.717, 1.165) is 11.1 Å². The molecule has 142 valence electrons. The summed E-state index contributed by atoms with van der Waals surface area (Å²) < 4.78 is 38.2. The van der Waals surface area contributed by atoms with Crippen LogP contribution in [-0.4, -0.2) is 20.7 Å². The van der Waals surface area contributed by atoms with Crippen LogP contribution in [0.15, 0.2) is 64.1 Å². The maximum atomic E-state index is 12.7. The molecule has 0 saturated carbocycles. The van der Waals surface area contributed by atoms with Crippen molar-refractivity contribution in [1.29, 1.82) is 0 Å². The molecule has 2 aromatic carbocycles. The zero-order valence-electron chi connectivity index (χ0n) is 15.7. The van der Waals surface area contributed by atoms with Crippen molar-refractivity contribution in [2.45, 2.75) is 31.1 Å². The Kier molecular flexibility index (Phi) is 4.97. The Balaban J connectivity index is 1.87. The molecule has 0 saturated heterocycles. The largest absolute Gasteiger partial charge is 0.497 e. The molecule has 6 nitrogen and oxygen atoms in total. The summed E-state index contributed by atoms with van der Waals surface area (Å²) in [7, 11) is -2.22. The number of hydrogen-bond donors (Lipinski definition) is 1. The molecule has 0 fully saturated rings. The molecule has 0 aliphatic carbocycles. The van der Waals surface area contributed by atoms with Gasteiger partial charge in [-0.2, -0.15) is 0 Å². The van der Waals surface area contributed by atoms with E-state index in [1.54, 1.807) is 43.5 Å². The van der Waals surface area contributed by atoms with E-state index in [2.05, 4.69) is 30.6 Å². The number of nitrogens with one attached hydrogen (secondary N) is 1. The number of sulfonamides is 1. The highest BCUT2D eigenvalue weighted by Crippen LogP contribution is 2.31. The first-order valence-corrected chi connectivity index (χ1v) is 9.91. The van der Waals surface area contributed by atoms with Crippen LogP contribution < -0.4 is 9.46 Å². The van der Waals surface area contributed by atoms with Gasteiger partial charge in [0.2, 0.25) is 5.88 Å². The third-order valence-electron chi connectivity index (χ3n) is 4.23. The minimum atomic E-state index is -3.80. The van der Waals surface area contributed by atoms with Crippen LogP contribution in [0.25, 0.3) is 11.1 Å². The van der Waals surface area contributed by atoms with E-state index in [4.69, 9.17) is 9.26 Å².